The van der Waals surface area contributed by atoms with Crippen LogP contribution < -0.4 is 5.32 Å². The summed E-state index contributed by atoms with van der Waals surface area (Å²) < 4.78 is 25.0. The summed E-state index contributed by atoms with van der Waals surface area (Å²) >= 11 is 7.35. The maximum atomic E-state index is 12.6. The Kier molecular flexibility index (Phi) is 5.20. The van der Waals surface area contributed by atoms with E-state index in [-0.39, 0.29) is 23.3 Å². The lowest BCUT2D eigenvalue weighted by molar-refractivity contribution is 0.0952. The van der Waals surface area contributed by atoms with Gasteiger partial charge in [0, 0.05) is 17.0 Å². The Morgan fingerprint density at radius 1 is 1.36 bits per heavy atom. The third-order valence-electron chi connectivity index (χ3n) is 4.95. The van der Waals surface area contributed by atoms with Crippen LogP contribution in [0.15, 0.2) is 30.3 Å². The molecule has 0 saturated carbocycles. The number of hydrogen-bond donors (Lipinski definition) is 1. The minimum absolute atomic E-state index is 0.00506. The second-order valence-electron chi connectivity index (χ2n) is 7.18. The van der Waals surface area contributed by atoms with E-state index in [1.807, 2.05) is 41.9 Å². The number of aromatic nitrogens is 2. The van der Waals surface area contributed by atoms with Gasteiger partial charge < -0.3 is 5.32 Å². The molecule has 2 aromatic heterocycles. The molecule has 0 bridgehead atoms. The summed E-state index contributed by atoms with van der Waals surface area (Å²) in [6.07, 6.45) is 0.615. The largest absolute Gasteiger partial charge is 0.351 e. The second-order valence-corrected chi connectivity index (χ2v) is 10.9. The third kappa shape index (κ3) is 4.09. The van der Waals surface area contributed by atoms with Crippen molar-refractivity contribution in [3.05, 3.63) is 51.5 Å². The average molecular weight is 438 g/mol. The Morgan fingerprint density at radius 3 is 2.79 bits per heavy atom. The number of sulfone groups is 1. The number of benzene rings is 1. The van der Waals surface area contributed by atoms with Crippen molar-refractivity contribution < 1.29 is 13.2 Å². The molecule has 6 nitrogen and oxygen atoms in total. The van der Waals surface area contributed by atoms with Gasteiger partial charge in [0.1, 0.15) is 4.83 Å². The molecule has 1 N–H and O–H groups in total. The zero-order valence-electron chi connectivity index (χ0n) is 15.3. The van der Waals surface area contributed by atoms with Crippen LogP contribution in [-0.2, 0) is 16.4 Å². The molecule has 0 unspecified atom stereocenters. The molecular formula is C19H20ClN3O3S2. The molecule has 3 aromatic rings. The maximum absolute atomic E-state index is 12.6. The van der Waals surface area contributed by atoms with Gasteiger partial charge in [0.05, 0.1) is 28.6 Å². The highest BCUT2D eigenvalue weighted by atomic mass is 35.5. The molecule has 0 radical (unpaired) electrons. The highest BCUT2D eigenvalue weighted by Gasteiger charge is 2.28. The van der Waals surface area contributed by atoms with E-state index in [0.717, 1.165) is 21.5 Å². The zero-order valence-corrected chi connectivity index (χ0v) is 17.7. The van der Waals surface area contributed by atoms with E-state index in [4.69, 9.17) is 11.6 Å². The van der Waals surface area contributed by atoms with Crippen molar-refractivity contribution in [3.8, 4) is 0 Å². The molecule has 1 aromatic carbocycles. The summed E-state index contributed by atoms with van der Waals surface area (Å²) in [6.45, 7) is 2.92. The summed E-state index contributed by atoms with van der Waals surface area (Å²) in [5, 5.41) is 9.13. The Balaban J connectivity index is 1.49. The molecule has 28 heavy (non-hydrogen) atoms. The SMILES string of the molecule is Cc1nn(Cc2ccc(Cl)cc2)c2sc(C(=O)NC[C@@H]3CCS(=O)(=O)C3)cc12. The first-order valence-electron chi connectivity index (χ1n) is 9.01. The second kappa shape index (κ2) is 7.50. The van der Waals surface area contributed by atoms with Crippen molar-refractivity contribution in [1.82, 2.24) is 15.1 Å². The van der Waals surface area contributed by atoms with Gasteiger partial charge in [0.15, 0.2) is 9.84 Å². The van der Waals surface area contributed by atoms with E-state index in [9.17, 15) is 13.2 Å². The molecule has 3 heterocycles. The first kappa shape index (κ1) is 19.4. The lowest BCUT2D eigenvalue weighted by Gasteiger charge is -2.08. The van der Waals surface area contributed by atoms with Crippen molar-refractivity contribution in [2.45, 2.75) is 19.9 Å². The van der Waals surface area contributed by atoms with E-state index >= 15 is 0 Å². The fourth-order valence-electron chi connectivity index (χ4n) is 3.45. The number of amides is 1. The monoisotopic (exact) mass is 437 g/mol. The number of carbonyl (C=O) groups is 1. The zero-order chi connectivity index (χ0) is 19.9. The van der Waals surface area contributed by atoms with Crippen LogP contribution in [0.4, 0.5) is 0 Å². The van der Waals surface area contributed by atoms with Gasteiger partial charge >= 0.3 is 0 Å². The van der Waals surface area contributed by atoms with Gasteiger partial charge in [-0.15, -0.1) is 11.3 Å². The van der Waals surface area contributed by atoms with E-state index in [1.165, 1.54) is 11.3 Å². The molecule has 1 aliphatic rings. The van der Waals surface area contributed by atoms with E-state index < -0.39 is 9.84 Å². The smallest absolute Gasteiger partial charge is 0.261 e. The van der Waals surface area contributed by atoms with E-state index in [1.54, 1.807) is 0 Å². The summed E-state index contributed by atoms with van der Waals surface area (Å²) in [6, 6.07) is 9.48. The van der Waals surface area contributed by atoms with Crippen molar-refractivity contribution in [2.24, 2.45) is 5.92 Å². The molecule has 1 saturated heterocycles. The summed E-state index contributed by atoms with van der Waals surface area (Å²) in [5.41, 5.74) is 1.96. The third-order valence-corrected chi connectivity index (χ3v) is 8.19. The Bertz CT molecular complexity index is 1130. The molecule has 0 spiro atoms. The van der Waals surface area contributed by atoms with Crippen molar-refractivity contribution in [2.75, 3.05) is 18.1 Å². The Hall–Kier alpha value is -1.90. The maximum Gasteiger partial charge on any atom is 0.261 e. The van der Waals surface area contributed by atoms with Crippen LogP contribution in [0.5, 0.6) is 0 Å². The number of aryl methyl sites for hydroxylation is 1. The molecule has 0 aliphatic carbocycles. The van der Waals surface area contributed by atoms with Gasteiger partial charge in [-0.2, -0.15) is 5.10 Å². The lowest BCUT2D eigenvalue weighted by atomic mass is 10.1. The molecule has 1 atom stereocenters. The fourth-order valence-corrected chi connectivity index (χ4v) is 6.52. The first-order chi connectivity index (χ1) is 13.3. The van der Waals surface area contributed by atoms with Crippen LogP contribution in [0.25, 0.3) is 10.2 Å². The molecule has 1 fully saturated rings. The van der Waals surface area contributed by atoms with Gasteiger partial charge in [-0.25, -0.2) is 8.42 Å². The number of hydrogen-bond acceptors (Lipinski definition) is 5. The fraction of sp³-hybridized carbons (Fsp3) is 0.368. The van der Waals surface area contributed by atoms with Gasteiger partial charge in [-0.3, -0.25) is 9.48 Å². The number of halogens is 1. The van der Waals surface area contributed by atoms with Crippen molar-refractivity contribution in [1.29, 1.82) is 0 Å². The quantitative estimate of drug-likeness (QED) is 0.664. The number of carbonyl (C=O) groups excluding carboxylic acids is 1. The molecule has 148 valence electrons. The molecule has 1 amide bonds. The van der Waals surface area contributed by atoms with Gasteiger partial charge in [0.2, 0.25) is 0 Å². The van der Waals surface area contributed by atoms with Crippen LogP contribution in [0.1, 0.15) is 27.3 Å². The average Bonchev–Trinajstić information content (AvgIpc) is 3.31. The normalized spacial score (nSPS) is 18.6. The number of thiophene rings is 1. The Morgan fingerprint density at radius 2 is 2.11 bits per heavy atom. The summed E-state index contributed by atoms with van der Waals surface area (Å²) in [7, 11) is -2.93. The number of rotatable bonds is 5. The summed E-state index contributed by atoms with van der Waals surface area (Å²) in [4.78, 5) is 14.1. The molecule has 9 heteroatoms. The predicted molar refractivity (Wildman–Crippen MR) is 112 cm³/mol. The van der Waals surface area contributed by atoms with Crippen LogP contribution in [-0.4, -0.2) is 42.2 Å². The first-order valence-corrected chi connectivity index (χ1v) is 12.0. The topological polar surface area (TPSA) is 81.1 Å². The molecule has 1 aliphatic heterocycles. The number of nitrogens with one attached hydrogen (secondary N) is 1. The van der Waals surface area contributed by atoms with Gasteiger partial charge in [-0.1, -0.05) is 23.7 Å². The number of fused-ring (bicyclic) bond motifs is 1. The van der Waals surface area contributed by atoms with Crippen LogP contribution in [0.3, 0.4) is 0 Å². The molecule has 4 rings (SSSR count). The van der Waals surface area contributed by atoms with Crippen LogP contribution >= 0.6 is 22.9 Å². The minimum Gasteiger partial charge on any atom is -0.351 e. The standard InChI is InChI=1S/C19H20ClN3O3S2/c1-12-16-8-17(18(24)21-9-14-6-7-28(25,26)11-14)27-19(16)23(22-12)10-13-2-4-15(20)5-3-13/h2-5,8,14H,6-7,9-11H2,1H3,(H,21,24)/t14-/m0/s1. The number of nitrogens with zero attached hydrogens (tertiary/aromatic N) is 2. The van der Waals surface area contributed by atoms with Crippen molar-refractivity contribution >= 4 is 48.9 Å². The predicted octanol–water partition coefficient (Wildman–Crippen LogP) is 3.27. The summed E-state index contributed by atoms with van der Waals surface area (Å²) in [5.74, 6) is 0.221. The van der Waals surface area contributed by atoms with E-state index in [0.29, 0.717) is 29.4 Å². The Labute approximate surface area is 172 Å². The van der Waals surface area contributed by atoms with E-state index in [2.05, 4.69) is 10.4 Å². The molecular weight excluding hydrogens is 418 g/mol. The van der Waals surface area contributed by atoms with Crippen LogP contribution in [0.2, 0.25) is 5.02 Å². The highest BCUT2D eigenvalue weighted by molar-refractivity contribution is 7.91. The minimum atomic E-state index is -2.93. The van der Waals surface area contributed by atoms with Gasteiger partial charge in [0.25, 0.3) is 5.91 Å². The highest BCUT2D eigenvalue weighted by Crippen LogP contribution is 2.29. The lowest BCUT2D eigenvalue weighted by Crippen LogP contribution is -2.29. The van der Waals surface area contributed by atoms with Gasteiger partial charge in [-0.05, 0) is 43.0 Å². The van der Waals surface area contributed by atoms with Crippen LogP contribution in [0, 0.1) is 12.8 Å². The van der Waals surface area contributed by atoms with Crippen molar-refractivity contribution in [3.63, 3.8) is 0 Å².